The molecular formula is C21H18N4O3. The molecule has 0 bridgehead atoms. The van der Waals surface area contributed by atoms with Crippen molar-refractivity contribution in [1.29, 1.82) is 5.26 Å². The monoisotopic (exact) mass is 374 g/mol. The summed E-state index contributed by atoms with van der Waals surface area (Å²) < 4.78 is 10.6. The van der Waals surface area contributed by atoms with Gasteiger partial charge in [0, 0.05) is 23.6 Å². The van der Waals surface area contributed by atoms with Gasteiger partial charge in [0.05, 0.1) is 31.5 Å². The van der Waals surface area contributed by atoms with E-state index in [-0.39, 0.29) is 11.6 Å². The maximum atomic E-state index is 12.5. The number of nitrogens with zero attached hydrogens (tertiary/aromatic N) is 2. The normalized spacial score (nSPS) is 9.89. The number of carbonyl (C=O) groups excluding carboxylic acids is 1. The Hall–Kier alpha value is -4.05. The number of aromatic nitrogens is 1. The molecule has 3 aromatic rings. The van der Waals surface area contributed by atoms with Gasteiger partial charge in [-0.1, -0.05) is 0 Å². The Morgan fingerprint density at radius 3 is 2.46 bits per heavy atom. The van der Waals surface area contributed by atoms with E-state index < -0.39 is 0 Å². The number of anilines is 3. The predicted molar refractivity (Wildman–Crippen MR) is 106 cm³/mol. The van der Waals surface area contributed by atoms with Gasteiger partial charge < -0.3 is 20.1 Å². The molecule has 1 aromatic heterocycles. The highest BCUT2D eigenvalue weighted by Crippen LogP contribution is 2.31. The number of rotatable bonds is 6. The lowest BCUT2D eigenvalue weighted by atomic mass is 10.2. The third-order valence-corrected chi connectivity index (χ3v) is 3.95. The van der Waals surface area contributed by atoms with Gasteiger partial charge in [-0.15, -0.1) is 0 Å². The Labute approximate surface area is 162 Å². The Morgan fingerprint density at radius 1 is 1.00 bits per heavy atom. The van der Waals surface area contributed by atoms with Crippen molar-refractivity contribution in [3.63, 3.8) is 0 Å². The molecule has 0 aliphatic rings. The number of hydrogen-bond donors (Lipinski definition) is 2. The van der Waals surface area contributed by atoms with Crippen LogP contribution in [0.5, 0.6) is 11.5 Å². The van der Waals surface area contributed by atoms with Crippen molar-refractivity contribution in [1.82, 2.24) is 4.98 Å². The van der Waals surface area contributed by atoms with Gasteiger partial charge in [0.15, 0.2) is 0 Å². The second-order valence-corrected chi connectivity index (χ2v) is 5.76. The largest absolute Gasteiger partial charge is 0.497 e. The van der Waals surface area contributed by atoms with Crippen LogP contribution in [0.15, 0.2) is 60.8 Å². The molecule has 0 saturated carbocycles. The third-order valence-electron chi connectivity index (χ3n) is 3.95. The van der Waals surface area contributed by atoms with Gasteiger partial charge in [-0.2, -0.15) is 5.26 Å². The van der Waals surface area contributed by atoms with E-state index in [1.165, 1.54) is 0 Å². The number of amides is 1. The minimum atomic E-state index is -0.352. The average molecular weight is 374 g/mol. The summed E-state index contributed by atoms with van der Waals surface area (Å²) in [6.07, 6.45) is 1.55. The molecule has 0 unspecified atom stereocenters. The standard InChI is InChI=1S/C21H18N4O3/c1-27-17-7-8-18(20(12-17)28-2)24-16-9-10-23-19(11-16)21(26)25-15-5-3-14(13-22)4-6-15/h3-12H,1-2H3,(H,23,24)(H,25,26). The minimum absolute atomic E-state index is 0.252. The van der Waals surface area contributed by atoms with E-state index in [9.17, 15) is 4.79 Å². The molecule has 0 spiro atoms. The third kappa shape index (κ3) is 4.37. The minimum Gasteiger partial charge on any atom is -0.497 e. The van der Waals surface area contributed by atoms with Crippen molar-refractivity contribution < 1.29 is 14.3 Å². The number of ether oxygens (including phenoxy) is 2. The van der Waals surface area contributed by atoms with Crippen molar-refractivity contribution in [3.05, 3.63) is 72.1 Å². The van der Waals surface area contributed by atoms with Crippen LogP contribution in [0.4, 0.5) is 17.1 Å². The summed E-state index contributed by atoms with van der Waals surface area (Å²) in [5.74, 6) is 0.939. The molecule has 7 nitrogen and oxygen atoms in total. The van der Waals surface area contributed by atoms with Crippen LogP contribution in [0.2, 0.25) is 0 Å². The molecule has 0 radical (unpaired) electrons. The first-order valence-corrected chi connectivity index (χ1v) is 8.39. The molecule has 0 aliphatic carbocycles. The van der Waals surface area contributed by atoms with Gasteiger partial charge in [0.25, 0.3) is 5.91 Å². The topological polar surface area (TPSA) is 96.3 Å². The number of hydrogen-bond acceptors (Lipinski definition) is 6. The highest BCUT2D eigenvalue weighted by Gasteiger charge is 2.10. The molecule has 0 fully saturated rings. The second-order valence-electron chi connectivity index (χ2n) is 5.76. The fourth-order valence-electron chi connectivity index (χ4n) is 2.51. The molecular weight excluding hydrogens is 356 g/mol. The highest BCUT2D eigenvalue weighted by molar-refractivity contribution is 6.03. The number of carbonyl (C=O) groups is 1. The van der Waals surface area contributed by atoms with Crippen molar-refractivity contribution in [2.75, 3.05) is 24.9 Å². The van der Waals surface area contributed by atoms with Gasteiger partial charge in [-0.25, -0.2) is 0 Å². The molecule has 28 heavy (non-hydrogen) atoms. The van der Waals surface area contributed by atoms with Gasteiger partial charge in [0.1, 0.15) is 17.2 Å². The molecule has 1 amide bonds. The molecule has 2 N–H and O–H groups in total. The number of methoxy groups -OCH3 is 2. The Kier molecular flexibility index (Phi) is 5.72. The van der Waals surface area contributed by atoms with Crippen LogP contribution >= 0.6 is 0 Å². The molecule has 3 rings (SSSR count). The first-order chi connectivity index (χ1) is 13.6. The summed E-state index contributed by atoms with van der Waals surface area (Å²) in [7, 11) is 3.16. The van der Waals surface area contributed by atoms with E-state index in [1.54, 1.807) is 62.9 Å². The van der Waals surface area contributed by atoms with E-state index in [0.29, 0.717) is 28.4 Å². The summed E-state index contributed by atoms with van der Waals surface area (Å²) in [6, 6.07) is 17.4. The molecule has 1 heterocycles. The average Bonchev–Trinajstić information content (AvgIpc) is 2.74. The zero-order chi connectivity index (χ0) is 19.9. The fourth-order valence-corrected chi connectivity index (χ4v) is 2.51. The summed E-state index contributed by atoms with van der Waals surface area (Å²) in [4.78, 5) is 16.6. The van der Waals surface area contributed by atoms with Gasteiger partial charge >= 0.3 is 0 Å². The van der Waals surface area contributed by atoms with Crippen LogP contribution in [0.3, 0.4) is 0 Å². The van der Waals surface area contributed by atoms with Gasteiger partial charge in [0.2, 0.25) is 0 Å². The Morgan fingerprint density at radius 2 is 1.79 bits per heavy atom. The Balaban J connectivity index is 1.76. The van der Waals surface area contributed by atoms with Crippen LogP contribution in [0.1, 0.15) is 16.1 Å². The van der Waals surface area contributed by atoms with Gasteiger partial charge in [-0.05, 0) is 48.5 Å². The highest BCUT2D eigenvalue weighted by atomic mass is 16.5. The SMILES string of the molecule is COc1ccc(Nc2ccnc(C(=O)Nc3ccc(C#N)cc3)c2)c(OC)c1. The lowest BCUT2D eigenvalue weighted by Gasteiger charge is -2.13. The van der Waals surface area contributed by atoms with E-state index in [2.05, 4.69) is 15.6 Å². The smallest absolute Gasteiger partial charge is 0.274 e. The van der Waals surface area contributed by atoms with Crippen LogP contribution in [-0.4, -0.2) is 25.1 Å². The molecule has 2 aromatic carbocycles. The van der Waals surface area contributed by atoms with E-state index in [0.717, 1.165) is 5.69 Å². The second kappa shape index (κ2) is 8.56. The van der Waals surface area contributed by atoms with E-state index in [4.69, 9.17) is 14.7 Å². The maximum Gasteiger partial charge on any atom is 0.274 e. The van der Waals surface area contributed by atoms with Crippen molar-refractivity contribution in [3.8, 4) is 17.6 Å². The number of nitriles is 1. The summed E-state index contributed by atoms with van der Waals surface area (Å²) in [6.45, 7) is 0. The summed E-state index contributed by atoms with van der Waals surface area (Å²) >= 11 is 0. The number of nitrogens with one attached hydrogen (secondary N) is 2. The number of pyridine rings is 1. The van der Waals surface area contributed by atoms with Crippen LogP contribution < -0.4 is 20.1 Å². The van der Waals surface area contributed by atoms with Crippen molar-refractivity contribution in [2.45, 2.75) is 0 Å². The molecule has 140 valence electrons. The molecule has 0 saturated heterocycles. The molecule has 0 atom stereocenters. The van der Waals surface area contributed by atoms with Crippen LogP contribution in [0.25, 0.3) is 0 Å². The first-order valence-electron chi connectivity index (χ1n) is 8.39. The first kappa shape index (κ1) is 18.7. The number of benzene rings is 2. The van der Waals surface area contributed by atoms with Gasteiger partial charge in [-0.3, -0.25) is 9.78 Å². The quantitative estimate of drug-likeness (QED) is 0.678. The summed E-state index contributed by atoms with van der Waals surface area (Å²) in [5.41, 5.74) is 2.77. The van der Waals surface area contributed by atoms with Crippen molar-refractivity contribution in [2.24, 2.45) is 0 Å². The lowest BCUT2D eigenvalue weighted by molar-refractivity contribution is 0.102. The fraction of sp³-hybridized carbons (Fsp3) is 0.0952. The van der Waals surface area contributed by atoms with Crippen molar-refractivity contribution >= 4 is 23.0 Å². The Bertz CT molecular complexity index is 1030. The zero-order valence-electron chi connectivity index (χ0n) is 15.4. The predicted octanol–water partition coefficient (Wildman–Crippen LogP) is 3.97. The molecule has 0 aliphatic heterocycles. The molecule has 7 heteroatoms. The van der Waals surface area contributed by atoms with Crippen LogP contribution in [0, 0.1) is 11.3 Å². The zero-order valence-corrected chi connectivity index (χ0v) is 15.4. The van der Waals surface area contributed by atoms with E-state index in [1.807, 2.05) is 18.2 Å². The van der Waals surface area contributed by atoms with E-state index >= 15 is 0 Å². The maximum absolute atomic E-state index is 12.5. The summed E-state index contributed by atoms with van der Waals surface area (Å²) in [5, 5.41) is 14.8. The lowest BCUT2D eigenvalue weighted by Crippen LogP contribution is -2.13. The van der Waals surface area contributed by atoms with Crippen LogP contribution in [-0.2, 0) is 0 Å².